The van der Waals surface area contributed by atoms with Gasteiger partial charge in [0, 0.05) is 53.3 Å². The monoisotopic (exact) mass is 604 g/mol. The number of nitrogen functional groups attached to an aromatic ring is 1. The van der Waals surface area contributed by atoms with Crippen LogP contribution in [0.2, 0.25) is 5.02 Å². The summed E-state index contributed by atoms with van der Waals surface area (Å²) in [5, 5.41) is 13.2. The van der Waals surface area contributed by atoms with Gasteiger partial charge in [0.25, 0.3) is 0 Å². The molecule has 5 unspecified atom stereocenters. The molecule has 0 spiro atoms. The molecule has 3 fully saturated rings. The smallest absolute Gasteiger partial charge is 0.339 e. The molecule has 8 nitrogen and oxygen atoms in total. The Bertz CT molecular complexity index is 1330. The highest BCUT2D eigenvalue weighted by molar-refractivity contribution is 6.30. The lowest BCUT2D eigenvalue weighted by atomic mass is 9.78. The first-order chi connectivity index (χ1) is 19.7. The molecule has 220 valence electrons. The molecular formula is C30H35Cl2FN4O4. The van der Waals surface area contributed by atoms with Crippen molar-refractivity contribution in [1.82, 2.24) is 10.2 Å². The summed E-state index contributed by atoms with van der Waals surface area (Å²) in [7, 11) is 1.42. The summed E-state index contributed by atoms with van der Waals surface area (Å²) in [5.41, 5.74) is 15.1. The molecule has 1 aromatic carbocycles. The van der Waals surface area contributed by atoms with Gasteiger partial charge in [-0.1, -0.05) is 42.0 Å². The zero-order valence-electron chi connectivity index (χ0n) is 22.6. The number of nitrogens with zero attached hydrogens (tertiary/aromatic N) is 1. The van der Waals surface area contributed by atoms with E-state index in [0.717, 1.165) is 24.9 Å². The second-order valence-corrected chi connectivity index (χ2v) is 12.5. The number of nitrogens with two attached hydrogens (primary N) is 2. The van der Waals surface area contributed by atoms with E-state index in [4.69, 9.17) is 44.1 Å². The number of aliphatic carboxylic acids is 1. The number of fused-ring (bicyclic) bond motifs is 1. The topological polar surface area (TPSA) is 123 Å². The fourth-order valence-electron chi connectivity index (χ4n) is 6.90. The van der Waals surface area contributed by atoms with Gasteiger partial charge in [0.1, 0.15) is 18.2 Å². The normalized spacial score (nSPS) is 37.2. The largest absolute Gasteiger partial charge is 0.496 e. The van der Waals surface area contributed by atoms with Crippen molar-refractivity contribution in [3.05, 3.63) is 76.1 Å². The molecule has 0 bridgehead atoms. The van der Waals surface area contributed by atoms with E-state index in [1.54, 1.807) is 24.3 Å². The molecule has 6 N–H and O–H groups in total. The van der Waals surface area contributed by atoms with E-state index in [1.165, 1.54) is 7.11 Å². The maximum Gasteiger partial charge on any atom is 0.339 e. The van der Waals surface area contributed by atoms with E-state index in [-0.39, 0.29) is 35.4 Å². The van der Waals surface area contributed by atoms with Crippen LogP contribution in [0.15, 0.2) is 65.5 Å². The standard InChI is InChI=1S/C30H35Cl2FN4O4/c1-40-24-11-22(35)18(10-19(24)30(38)39)29-36-27-23(13-41-29)37(12-14-5-6-14)28(16-8-7-15(31)9-21(16)34)25(27)17-3-2-4-20(32)26(17)33/h2-4,7-11,14,18,20,22-23,25-29,36H,5-6,12-13,34-35H2,1H3,(H,38,39)/t18?,20?,22?,23-,25-,26?,27+,28+,29?/m1/s1. The van der Waals surface area contributed by atoms with E-state index in [2.05, 4.69) is 10.2 Å². The molecule has 6 rings (SSSR count). The number of alkyl halides is 2. The summed E-state index contributed by atoms with van der Waals surface area (Å²) in [6.07, 6.45) is 8.82. The van der Waals surface area contributed by atoms with Crippen LogP contribution in [0.5, 0.6) is 0 Å². The van der Waals surface area contributed by atoms with Gasteiger partial charge < -0.3 is 26.0 Å². The van der Waals surface area contributed by atoms with Gasteiger partial charge in [-0.05, 0) is 48.1 Å². The summed E-state index contributed by atoms with van der Waals surface area (Å²) < 4.78 is 27.6. The van der Waals surface area contributed by atoms with Crippen LogP contribution in [0.25, 0.3) is 0 Å². The number of hydrogen-bond donors (Lipinski definition) is 4. The predicted octanol–water partition coefficient (Wildman–Crippen LogP) is 3.93. The Labute approximate surface area is 248 Å². The summed E-state index contributed by atoms with van der Waals surface area (Å²) in [6.45, 7) is 1.19. The molecule has 5 aliphatic rings. The molecule has 1 aromatic rings. The van der Waals surface area contributed by atoms with Crippen LogP contribution in [0.1, 0.15) is 24.4 Å². The lowest BCUT2D eigenvalue weighted by Gasteiger charge is -2.42. The lowest BCUT2D eigenvalue weighted by Crippen LogP contribution is -2.61. The minimum absolute atomic E-state index is 0.0331. The third-order valence-electron chi connectivity index (χ3n) is 9.04. The van der Waals surface area contributed by atoms with Crippen LogP contribution in [0.4, 0.5) is 10.1 Å². The van der Waals surface area contributed by atoms with Crippen molar-refractivity contribution in [3.63, 3.8) is 0 Å². The molecule has 9 atom stereocenters. The third-order valence-corrected chi connectivity index (χ3v) is 9.64. The summed E-state index contributed by atoms with van der Waals surface area (Å²) >= 11 is 12.7. The van der Waals surface area contributed by atoms with E-state index >= 15 is 4.39 Å². The molecular weight excluding hydrogens is 570 g/mol. The minimum atomic E-state index is -1.38. The molecule has 41 heavy (non-hydrogen) atoms. The van der Waals surface area contributed by atoms with Crippen molar-refractivity contribution < 1.29 is 23.8 Å². The number of carboxylic acid groups (broad SMARTS) is 1. The number of ether oxygens (including phenoxy) is 2. The number of hydrogen-bond acceptors (Lipinski definition) is 7. The number of halogens is 3. The molecule has 1 saturated carbocycles. The Morgan fingerprint density at radius 3 is 2.78 bits per heavy atom. The highest BCUT2D eigenvalue weighted by Gasteiger charge is 2.56. The van der Waals surface area contributed by atoms with Crippen LogP contribution in [-0.2, 0) is 14.3 Å². The number of nitrogens with one attached hydrogen (secondary N) is 1. The predicted molar refractivity (Wildman–Crippen MR) is 156 cm³/mol. The Balaban J connectivity index is 1.41. The Morgan fingerprint density at radius 1 is 1.32 bits per heavy atom. The Morgan fingerprint density at radius 2 is 2.10 bits per heavy atom. The van der Waals surface area contributed by atoms with Crippen LogP contribution >= 0.6 is 23.2 Å². The minimum Gasteiger partial charge on any atom is -0.496 e. The number of methoxy groups -OCH3 is 1. The fraction of sp³-hybridized carbons (Fsp3) is 0.500. The summed E-state index contributed by atoms with van der Waals surface area (Å²) in [5.74, 6) is -1.15. The molecule has 11 heteroatoms. The van der Waals surface area contributed by atoms with Crippen LogP contribution in [-0.4, -0.2) is 72.1 Å². The molecule has 0 amide bonds. The first kappa shape index (κ1) is 28.7. The van der Waals surface area contributed by atoms with Crippen molar-refractivity contribution in [2.24, 2.45) is 23.5 Å². The number of carbonyl (C=O) groups is 1. The molecule has 0 aromatic heterocycles. The average Bonchev–Trinajstić information content (AvgIpc) is 3.71. The molecule has 3 aliphatic carbocycles. The van der Waals surface area contributed by atoms with Crippen LogP contribution < -0.4 is 16.8 Å². The van der Waals surface area contributed by atoms with Gasteiger partial charge in [0.05, 0.1) is 24.7 Å². The fourth-order valence-corrected chi connectivity index (χ4v) is 7.31. The van der Waals surface area contributed by atoms with Gasteiger partial charge in [-0.15, -0.1) is 11.6 Å². The van der Waals surface area contributed by atoms with E-state index in [1.807, 2.05) is 24.3 Å². The van der Waals surface area contributed by atoms with Crippen LogP contribution in [0, 0.1) is 17.8 Å². The Kier molecular flexibility index (Phi) is 7.95. The van der Waals surface area contributed by atoms with Crippen molar-refractivity contribution in [1.29, 1.82) is 0 Å². The van der Waals surface area contributed by atoms with Crippen molar-refractivity contribution in [2.45, 2.75) is 54.8 Å². The van der Waals surface area contributed by atoms with Gasteiger partial charge >= 0.3 is 5.97 Å². The van der Waals surface area contributed by atoms with Gasteiger partial charge in [-0.2, -0.15) is 0 Å². The van der Waals surface area contributed by atoms with Crippen LogP contribution in [0.3, 0.4) is 0 Å². The first-order valence-corrected chi connectivity index (χ1v) is 14.8. The van der Waals surface area contributed by atoms with Crippen molar-refractivity contribution in [3.8, 4) is 0 Å². The number of rotatable bonds is 7. The zero-order valence-corrected chi connectivity index (χ0v) is 24.1. The molecule has 2 heterocycles. The second kappa shape index (κ2) is 11.4. The van der Waals surface area contributed by atoms with Crippen molar-refractivity contribution in [2.75, 3.05) is 26.0 Å². The van der Waals surface area contributed by atoms with E-state index < -0.39 is 35.7 Å². The second-order valence-electron chi connectivity index (χ2n) is 11.6. The lowest BCUT2D eigenvalue weighted by molar-refractivity contribution is -0.132. The highest BCUT2D eigenvalue weighted by Crippen LogP contribution is 2.52. The van der Waals surface area contributed by atoms with Gasteiger partial charge in [-0.3, -0.25) is 10.2 Å². The highest BCUT2D eigenvalue weighted by atomic mass is 35.5. The number of likely N-dealkylation sites (tertiary alicyclic amines) is 1. The van der Waals surface area contributed by atoms with E-state index in [9.17, 15) is 9.90 Å². The average molecular weight is 606 g/mol. The third kappa shape index (κ3) is 5.32. The number of benzene rings is 1. The van der Waals surface area contributed by atoms with Gasteiger partial charge in [0.2, 0.25) is 0 Å². The maximum absolute atomic E-state index is 15.9. The van der Waals surface area contributed by atoms with E-state index in [0.29, 0.717) is 28.8 Å². The number of allylic oxidation sites excluding steroid dienone is 3. The Hall–Kier alpha value is -2.40. The molecule has 0 radical (unpaired) electrons. The quantitative estimate of drug-likeness (QED) is 0.273. The first-order valence-electron chi connectivity index (χ1n) is 14.0. The molecule has 2 saturated heterocycles. The SMILES string of the molecule is COC1=CC(N)C(C2N[C@@H]3[C@@H](C4=CC=CC(Cl)C4F)[C@H](c4ccc(Cl)cc4N)N(CC4CC4)[C@@H]3CO2)C=C1C(=O)O. The van der Waals surface area contributed by atoms with Crippen molar-refractivity contribution >= 4 is 34.9 Å². The summed E-state index contributed by atoms with van der Waals surface area (Å²) in [6, 6.07) is 4.37. The van der Waals surface area contributed by atoms with Gasteiger partial charge in [-0.25, -0.2) is 9.18 Å². The number of carboxylic acids is 1. The summed E-state index contributed by atoms with van der Waals surface area (Å²) in [4.78, 5) is 14.4. The maximum atomic E-state index is 15.9. The zero-order chi connectivity index (χ0) is 29.0. The molecule has 2 aliphatic heterocycles. The number of anilines is 1. The van der Waals surface area contributed by atoms with Gasteiger partial charge in [0.15, 0.2) is 0 Å².